The van der Waals surface area contributed by atoms with Gasteiger partial charge in [-0.1, -0.05) is 84.5 Å². The van der Waals surface area contributed by atoms with Crippen LogP contribution in [0.15, 0.2) is 0 Å². The lowest BCUT2D eigenvalue weighted by molar-refractivity contribution is 0.0235. The Kier molecular flexibility index (Phi) is 13.5. The van der Waals surface area contributed by atoms with Crippen LogP contribution in [-0.4, -0.2) is 28.5 Å². The molecule has 0 heterocycles. The molecule has 0 amide bonds. The van der Waals surface area contributed by atoms with E-state index in [2.05, 4.69) is 6.92 Å². The summed E-state index contributed by atoms with van der Waals surface area (Å²) in [7, 11) is 0. The molecule has 4 N–H and O–H groups in total. The number of hydrogen-bond donors (Lipinski definition) is 3. The predicted octanol–water partition coefficient (Wildman–Crippen LogP) is 4.15. The van der Waals surface area contributed by atoms with Crippen molar-refractivity contribution >= 4 is 0 Å². The van der Waals surface area contributed by atoms with Crippen molar-refractivity contribution in [1.29, 1.82) is 0 Å². The lowest BCUT2D eigenvalue weighted by Crippen LogP contribution is -2.52. The summed E-state index contributed by atoms with van der Waals surface area (Å²) < 4.78 is 0. The van der Waals surface area contributed by atoms with Gasteiger partial charge in [0.2, 0.25) is 0 Å². The van der Waals surface area contributed by atoms with Crippen molar-refractivity contribution in [2.45, 2.75) is 109 Å². The molecule has 0 rings (SSSR count). The summed E-state index contributed by atoms with van der Waals surface area (Å²) in [6.07, 6.45) is 15.2. The third-order valence-corrected chi connectivity index (χ3v) is 4.74. The zero-order chi connectivity index (χ0) is 16.0. The van der Waals surface area contributed by atoms with Gasteiger partial charge in [0.15, 0.2) is 0 Å². The first-order chi connectivity index (χ1) is 10.1. The lowest BCUT2D eigenvalue weighted by atomic mass is 9.85. The van der Waals surface area contributed by atoms with E-state index in [4.69, 9.17) is 10.8 Å². The highest BCUT2D eigenvalue weighted by Crippen LogP contribution is 2.21. The number of nitrogens with two attached hydrogens (primary N) is 1. The Morgan fingerprint density at radius 2 is 1.24 bits per heavy atom. The lowest BCUT2D eigenvalue weighted by Gasteiger charge is -2.32. The van der Waals surface area contributed by atoms with Gasteiger partial charge in [-0.25, -0.2) is 0 Å². The molecule has 2 atom stereocenters. The maximum atomic E-state index is 9.76. The molecule has 0 aliphatic carbocycles. The average molecular weight is 302 g/mol. The second-order valence-electron chi connectivity index (χ2n) is 6.57. The molecule has 0 saturated carbocycles. The smallest absolute Gasteiger partial charge is 0.0949 e. The van der Waals surface area contributed by atoms with E-state index in [1.807, 2.05) is 6.92 Å². The number of aliphatic hydroxyl groups excluding tert-OH is 2. The second kappa shape index (κ2) is 13.5. The molecule has 0 aromatic rings. The molecule has 3 nitrogen and oxygen atoms in total. The molecule has 0 saturated heterocycles. The second-order valence-corrected chi connectivity index (χ2v) is 6.57. The fourth-order valence-electron chi connectivity index (χ4n) is 2.88. The summed E-state index contributed by atoms with van der Waals surface area (Å²) in [5.41, 5.74) is 5.56. The Morgan fingerprint density at radius 3 is 1.62 bits per heavy atom. The summed E-state index contributed by atoms with van der Waals surface area (Å²) in [5.74, 6) is 0. The maximum Gasteiger partial charge on any atom is 0.0949 e. The van der Waals surface area contributed by atoms with Gasteiger partial charge in [-0.2, -0.15) is 0 Å². The van der Waals surface area contributed by atoms with Crippen LogP contribution in [0.2, 0.25) is 0 Å². The maximum absolute atomic E-state index is 9.76. The van der Waals surface area contributed by atoms with Gasteiger partial charge in [0.25, 0.3) is 0 Å². The van der Waals surface area contributed by atoms with Crippen LogP contribution in [0.4, 0.5) is 0 Å². The minimum absolute atomic E-state index is 0.234. The summed E-state index contributed by atoms with van der Waals surface area (Å²) >= 11 is 0. The van der Waals surface area contributed by atoms with E-state index < -0.39 is 11.6 Å². The molecule has 2 unspecified atom stereocenters. The predicted molar refractivity (Wildman–Crippen MR) is 91.4 cm³/mol. The Bertz CT molecular complexity index is 223. The van der Waals surface area contributed by atoms with Gasteiger partial charge in [0.05, 0.1) is 12.7 Å². The van der Waals surface area contributed by atoms with Gasteiger partial charge in [0.1, 0.15) is 0 Å². The van der Waals surface area contributed by atoms with Crippen molar-refractivity contribution in [2.75, 3.05) is 6.61 Å². The van der Waals surface area contributed by atoms with Crippen molar-refractivity contribution in [2.24, 2.45) is 5.73 Å². The van der Waals surface area contributed by atoms with Gasteiger partial charge >= 0.3 is 0 Å². The quantitative estimate of drug-likeness (QED) is 0.398. The molecule has 128 valence electrons. The fraction of sp³-hybridized carbons (Fsp3) is 1.00. The SMILES string of the molecule is CCCCCCCCCCCCCC(N)(CC)C(O)CO. The minimum Gasteiger partial charge on any atom is -0.394 e. The highest BCUT2D eigenvalue weighted by Gasteiger charge is 2.30. The monoisotopic (exact) mass is 301 g/mol. The first-order valence-electron chi connectivity index (χ1n) is 9.18. The van der Waals surface area contributed by atoms with E-state index in [0.717, 1.165) is 12.8 Å². The molecular formula is C18H39NO2. The van der Waals surface area contributed by atoms with E-state index in [1.54, 1.807) is 0 Å². The Labute approximate surface area is 132 Å². The van der Waals surface area contributed by atoms with Crippen molar-refractivity contribution < 1.29 is 10.2 Å². The third kappa shape index (κ3) is 10.3. The van der Waals surface area contributed by atoms with Gasteiger partial charge in [-0.3, -0.25) is 0 Å². The first kappa shape index (κ1) is 20.9. The van der Waals surface area contributed by atoms with Crippen LogP contribution in [-0.2, 0) is 0 Å². The normalized spacial score (nSPS) is 15.9. The topological polar surface area (TPSA) is 66.5 Å². The molecule has 0 aliphatic heterocycles. The van der Waals surface area contributed by atoms with Crippen LogP contribution in [0.5, 0.6) is 0 Å². The Hall–Kier alpha value is -0.120. The van der Waals surface area contributed by atoms with Crippen LogP contribution in [0.1, 0.15) is 97.3 Å². The molecular weight excluding hydrogens is 262 g/mol. The Morgan fingerprint density at radius 1 is 0.810 bits per heavy atom. The van der Waals surface area contributed by atoms with Crippen LogP contribution in [0, 0.1) is 0 Å². The molecule has 0 spiro atoms. The Balaban J connectivity index is 3.43. The molecule has 21 heavy (non-hydrogen) atoms. The molecule has 0 bridgehead atoms. The van der Waals surface area contributed by atoms with Crippen LogP contribution in [0.25, 0.3) is 0 Å². The summed E-state index contributed by atoms with van der Waals surface area (Å²) in [6, 6.07) is 0. The zero-order valence-corrected chi connectivity index (χ0v) is 14.4. The zero-order valence-electron chi connectivity index (χ0n) is 14.4. The van der Waals surface area contributed by atoms with E-state index in [0.29, 0.717) is 6.42 Å². The molecule has 0 aromatic carbocycles. The van der Waals surface area contributed by atoms with Crippen LogP contribution in [0.3, 0.4) is 0 Å². The summed E-state index contributed by atoms with van der Waals surface area (Å²) in [5, 5.41) is 18.8. The third-order valence-electron chi connectivity index (χ3n) is 4.74. The van der Waals surface area contributed by atoms with E-state index in [-0.39, 0.29) is 6.61 Å². The van der Waals surface area contributed by atoms with Crippen LogP contribution < -0.4 is 5.73 Å². The van der Waals surface area contributed by atoms with Crippen molar-refractivity contribution in [1.82, 2.24) is 0 Å². The van der Waals surface area contributed by atoms with Gasteiger partial charge in [-0.05, 0) is 12.8 Å². The van der Waals surface area contributed by atoms with E-state index >= 15 is 0 Å². The van der Waals surface area contributed by atoms with Crippen molar-refractivity contribution in [3.63, 3.8) is 0 Å². The average Bonchev–Trinajstić information content (AvgIpc) is 2.51. The standard InChI is InChI=1S/C18H39NO2/c1-3-5-6-7-8-9-10-11-12-13-14-15-18(19,4-2)17(21)16-20/h17,20-21H,3-16,19H2,1-2H3. The van der Waals surface area contributed by atoms with Gasteiger partial charge in [-0.15, -0.1) is 0 Å². The van der Waals surface area contributed by atoms with Crippen LogP contribution >= 0.6 is 0 Å². The summed E-state index contributed by atoms with van der Waals surface area (Å²) in [4.78, 5) is 0. The first-order valence-corrected chi connectivity index (χ1v) is 9.18. The number of hydrogen-bond acceptors (Lipinski definition) is 3. The molecule has 0 aromatic heterocycles. The molecule has 3 heteroatoms. The highest BCUT2D eigenvalue weighted by molar-refractivity contribution is 4.89. The summed E-state index contributed by atoms with van der Waals surface area (Å²) in [6.45, 7) is 4.01. The largest absolute Gasteiger partial charge is 0.394 e. The van der Waals surface area contributed by atoms with E-state index in [1.165, 1.54) is 64.2 Å². The molecule has 0 radical (unpaired) electrons. The van der Waals surface area contributed by atoms with Gasteiger partial charge in [0, 0.05) is 5.54 Å². The molecule has 0 fully saturated rings. The number of unbranched alkanes of at least 4 members (excludes halogenated alkanes) is 10. The molecule has 0 aliphatic rings. The van der Waals surface area contributed by atoms with Crippen molar-refractivity contribution in [3.8, 4) is 0 Å². The van der Waals surface area contributed by atoms with E-state index in [9.17, 15) is 5.11 Å². The van der Waals surface area contributed by atoms with Gasteiger partial charge < -0.3 is 15.9 Å². The van der Waals surface area contributed by atoms with Crippen molar-refractivity contribution in [3.05, 3.63) is 0 Å². The number of aliphatic hydroxyl groups is 2. The highest BCUT2D eigenvalue weighted by atomic mass is 16.3. The fourth-order valence-corrected chi connectivity index (χ4v) is 2.88. The number of rotatable bonds is 15. The minimum atomic E-state index is -0.786.